The van der Waals surface area contributed by atoms with E-state index < -0.39 is 11.9 Å². The van der Waals surface area contributed by atoms with Gasteiger partial charge in [-0.25, -0.2) is 10.2 Å². The third kappa shape index (κ3) is 6.50. The third-order valence-corrected chi connectivity index (χ3v) is 4.80. The van der Waals surface area contributed by atoms with Gasteiger partial charge in [0.2, 0.25) is 5.75 Å². The number of carbonyl (C=O) groups is 2. The molecule has 9 nitrogen and oxygen atoms in total. The minimum Gasteiger partial charge on any atom is -0.494 e. The Kier molecular flexibility index (Phi) is 8.66. The zero-order valence-corrected chi connectivity index (χ0v) is 19.9. The molecule has 0 fully saturated rings. The van der Waals surface area contributed by atoms with Crippen molar-refractivity contribution in [2.75, 3.05) is 27.9 Å². The van der Waals surface area contributed by atoms with Gasteiger partial charge in [0, 0.05) is 5.56 Å². The second-order valence-electron chi connectivity index (χ2n) is 7.03. The molecule has 0 bridgehead atoms. The van der Waals surface area contributed by atoms with E-state index in [0.717, 1.165) is 0 Å². The fourth-order valence-electron chi connectivity index (χ4n) is 3.08. The number of hydrazone groups is 1. The molecule has 35 heavy (non-hydrogen) atoms. The first-order valence-corrected chi connectivity index (χ1v) is 10.7. The number of rotatable bonds is 10. The summed E-state index contributed by atoms with van der Waals surface area (Å²) in [6, 6.07) is 16.4. The van der Waals surface area contributed by atoms with Gasteiger partial charge in [-0.05, 0) is 73.2 Å². The number of ether oxygens (including phenoxy) is 5. The number of nitrogens with zero attached hydrogens (tertiary/aromatic N) is 1. The number of carbonyl (C=O) groups excluding carboxylic acids is 2. The van der Waals surface area contributed by atoms with Crippen molar-refractivity contribution in [2.24, 2.45) is 5.10 Å². The molecule has 1 N–H and O–H groups in total. The number of methoxy groups -OCH3 is 3. The first-order chi connectivity index (χ1) is 17.0. The Morgan fingerprint density at radius 1 is 0.829 bits per heavy atom. The Morgan fingerprint density at radius 3 is 1.97 bits per heavy atom. The van der Waals surface area contributed by atoms with Crippen molar-refractivity contribution in [1.82, 2.24) is 5.43 Å². The van der Waals surface area contributed by atoms with Crippen molar-refractivity contribution in [3.63, 3.8) is 0 Å². The van der Waals surface area contributed by atoms with Gasteiger partial charge in [-0.3, -0.25) is 4.79 Å². The lowest BCUT2D eigenvalue weighted by Crippen LogP contribution is -2.18. The lowest BCUT2D eigenvalue weighted by atomic mass is 10.1. The van der Waals surface area contributed by atoms with Gasteiger partial charge in [0.25, 0.3) is 5.91 Å². The summed E-state index contributed by atoms with van der Waals surface area (Å²) < 4.78 is 26.5. The van der Waals surface area contributed by atoms with Crippen molar-refractivity contribution >= 4 is 18.1 Å². The van der Waals surface area contributed by atoms with E-state index in [1.54, 1.807) is 48.5 Å². The minimum absolute atomic E-state index is 0.285. The van der Waals surface area contributed by atoms with Crippen molar-refractivity contribution in [2.45, 2.75) is 6.92 Å². The summed E-state index contributed by atoms with van der Waals surface area (Å²) in [5.41, 5.74) is 3.84. The molecule has 0 saturated heterocycles. The van der Waals surface area contributed by atoms with Crippen LogP contribution < -0.4 is 29.1 Å². The average Bonchev–Trinajstić information content (AvgIpc) is 2.89. The van der Waals surface area contributed by atoms with Crippen LogP contribution in [0, 0.1) is 0 Å². The minimum atomic E-state index is -0.480. The van der Waals surface area contributed by atoms with Crippen LogP contribution >= 0.6 is 0 Å². The van der Waals surface area contributed by atoms with Crippen molar-refractivity contribution < 1.29 is 33.3 Å². The molecule has 1 amide bonds. The fraction of sp³-hybridized carbons (Fsp3) is 0.192. The van der Waals surface area contributed by atoms with Crippen LogP contribution in [0.3, 0.4) is 0 Å². The summed E-state index contributed by atoms with van der Waals surface area (Å²) >= 11 is 0. The van der Waals surface area contributed by atoms with Gasteiger partial charge in [-0.1, -0.05) is 0 Å². The van der Waals surface area contributed by atoms with Crippen molar-refractivity contribution in [3.8, 4) is 28.7 Å². The summed E-state index contributed by atoms with van der Waals surface area (Å²) in [6.45, 7) is 2.44. The number of hydrogen-bond acceptors (Lipinski definition) is 8. The van der Waals surface area contributed by atoms with E-state index in [1.807, 2.05) is 6.92 Å². The molecule has 0 aliphatic carbocycles. The molecule has 9 heteroatoms. The average molecular weight is 479 g/mol. The Morgan fingerprint density at radius 2 is 1.43 bits per heavy atom. The van der Waals surface area contributed by atoms with E-state index in [-0.39, 0.29) is 5.56 Å². The molecule has 0 atom stereocenters. The molecule has 0 spiro atoms. The van der Waals surface area contributed by atoms with Gasteiger partial charge in [-0.2, -0.15) is 5.10 Å². The van der Waals surface area contributed by atoms with E-state index in [9.17, 15) is 9.59 Å². The maximum absolute atomic E-state index is 12.5. The SMILES string of the molecule is CCOc1ccc(C(=O)Oc2ccc(C=NNC(=O)c3cc(OC)c(OC)c(OC)c3)cc2)cc1. The molecule has 3 aromatic carbocycles. The van der Waals surface area contributed by atoms with E-state index >= 15 is 0 Å². The van der Waals surface area contributed by atoms with Crippen LogP contribution in [0.25, 0.3) is 0 Å². The first kappa shape index (κ1) is 25.1. The normalized spacial score (nSPS) is 10.5. The number of hydrogen-bond donors (Lipinski definition) is 1. The van der Waals surface area contributed by atoms with E-state index in [0.29, 0.717) is 46.5 Å². The molecule has 0 unspecified atom stereocenters. The zero-order valence-electron chi connectivity index (χ0n) is 19.9. The Balaban J connectivity index is 1.59. The largest absolute Gasteiger partial charge is 0.494 e. The molecular weight excluding hydrogens is 452 g/mol. The molecule has 0 saturated carbocycles. The van der Waals surface area contributed by atoms with Crippen LogP contribution in [0.1, 0.15) is 33.2 Å². The maximum atomic E-state index is 12.5. The van der Waals surface area contributed by atoms with Crippen LogP contribution in [0.2, 0.25) is 0 Å². The quantitative estimate of drug-likeness (QED) is 0.202. The zero-order chi connectivity index (χ0) is 25.2. The Bertz CT molecular complexity index is 1160. The number of amides is 1. The number of nitrogens with one attached hydrogen (secondary N) is 1. The highest BCUT2D eigenvalue weighted by Gasteiger charge is 2.16. The van der Waals surface area contributed by atoms with E-state index in [1.165, 1.54) is 39.7 Å². The second-order valence-corrected chi connectivity index (χ2v) is 7.03. The highest BCUT2D eigenvalue weighted by molar-refractivity contribution is 5.96. The second kappa shape index (κ2) is 12.1. The molecule has 0 aliphatic heterocycles. The Labute approximate surface area is 203 Å². The van der Waals surface area contributed by atoms with Crippen molar-refractivity contribution in [1.29, 1.82) is 0 Å². The van der Waals surface area contributed by atoms with Gasteiger partial charge in [0.1, 0.15) is 11.5 Å². The highest BCUT2D eigenvalue weighted by atomic mass is 16.5. The summed E-state index contributed by atoms with van der Waals surface area (Å²) in [4.78, 5) is 24.8. The summed E-state index contributed by atoms with van der Waals surface area (Å²) in [6.07, 6.45) is 1.47. The number of benzene rings is 3. The van der Waals surface area contributed by atoms with Crippen LogP contribution in [-0.4, -0.2) is 46.0 Å². The smallest absolute Gasteiger partial charge is 0.343 e. The van der Waals surface area contributed by atoms with Gasteiger partial charge in [-0.15, -0.1) is 0 Å². The Hall–Kier alpha value is -4.53. The van der Waals surface area contributed by atoms with Crippen LogP contribution in [0.4, 0.5) is 0 Å². The predicted octanol–water partition coefficient (Wildman–Crippen LogP) is 4.09. The predicted molar refractivity (Wildman–Crippen MR) is 130 cm³/mol. The molecule has 3 aromatic rings. The molecule has 0 aliphatic rings. The van der Waals surface area contributed by atoms with E-state index in [2.05, 4.69) is 10.5 Å². The topological polar surface area (TPSA) is 105 Å². The highest BCUT2D eigenvalue weighted by Crippen LogP contribution is 2.38. The van der Waals surface area contributed by atoms with Crippen LogP contribution in [0.5, 0.6) is 28.7 Å². The monoisotopic (exact) mass is 478 g/mol. The first-order valence-electron chi connectivity index (χ1n) is 10.7. The summed E-state index contributed by atoms with van der Waals surface area (Å²) in [5.74, 6) is 1.23. The van der Waals surface area contributed by atoms with Gasteiger partial charge >= 0.3 is 5.97 Å². The van der Waals surface area contributed by atoms with E-state index in [4.69, 9.17) is 23.7 Å². The van der Waals surface area contributed by atoms with Gasteiger partial charge in [0.05, 0.1) is 39.7 Å². The molecule has 182 valence electrons. The fourth-order valence-corrected chi connectivity index (χ4v) is 3.08. The summed E-state index contributed by atoms with van der Waals surface area (Å²) in [5, 5.41) is 3.98. The molecule has 0 aromatic heterocycles. The van der Waals surface area contributed by atoms with Crippen molar-refractivity contribution in [3.05, 3.63) is 77.4 Å². The third-order valence-electron chi connectivity index (χ3n) is 4.80. The molecule has 0 heterocycles. The van der Waals surface area contributed by atoms with Gasteiger partial charge < -0.3 is 23.7 Å². The maximum Gasteiger partial charge on any atom is 0.343 e. The standard InChI is InChI=1S/C26H26N2O7/c1-5-34-20-12-8-18(9-13-20)26(30)35-21-10-6-17(7-11-21)16-27-28-25(29)19-14-22(31-2)24(33-4)23(15-19)32-3/h6-16H,5H2,1-4H3,(H,28,29). The molecular formula is C26H26N2O7. The summed E-state index contributed by atoms with van der Waals surface area (Å²) in [7, 11) is 4.42. The van der Waals surface area contributed by atoms with Gasteiger partial charge in [0.15, 0.2) is 11.5 Å². The van der Waals surface area contributed by atoms with Crippen LogP contribution in [0.15, 0.2) is 65.8 Å². The lowest BCUT2D eigenvalue weighted by Gasteiger charge is -2.13. The lowest BCUT2D eigenvalue weighted by molar-refractivity contribution is 0.0734. The molecule has 3 rings (SSSR count). The number of esters is 1. The van der Waals surface area contributed by atoms with Crippen LogP contribution in [-0.2, 0) is 0 Å². The molecule has 0 radical (unpaired) electrons.